The molecule has 104 valence electrons. The van der Waals surface area contributed by atoms with Crippen LogP contribution in [-0.2, 0) is 10.0 Å². The van der Waals surface area contributed by atoms with E-state index in [0.29, 0.717) is 23.5 Å². The lowest BCUT2D eigenvalue weighted by Gasteiger charge is -2.15. The maximum absolute atomic E-state index is 12.3. The Morgan fingerprint density at radius 3 is 2.68 bits per heavy atom. The van der Waals surface area contributed by atoms with Gasteiger partial charge in [0, 0.05) is 10.6 Å². The minimum Gasteiger partial charge on any atom is -0.315 e. The highest BCUT2D eigenvalue weighted by Crippen LogP contribution is 2.25. The van der Waals surface area contributed by atoms with Crippen molar-refractivity contribution in [3.63, 3.8) is 0 Å². The maximum atomic E-state index is 12.3. The monoisotopic (exact) mass is 318 g/mol. The van der Waals surface area contributed by atoms with Gasteiger partial charge in [-0.2, -0.15) is 0 Å². The van der Waals surface area contributed by atoms with Crippen molar-refractivity contribution in [1.29, 1.82) is 0 Å². The number of H-pyrrole nitrogens is 1. The van der Waals surface area contributed by atoms with Crippen LogP contribution in [0.2, 0.25) is 0 Å². The van der Waals surface area contributed by atoms with Gasteiger partial charge in [0.2, 0.25) is 0 Å². The zero-order chi connectivity index (χ0) is 14.0. The molecule has 0 aliphatic heterocycles. The molecular weight excluding hydrogens is 304 g/mol. The molecule has 2 aromatic rings. The molecule has 0 saturated heterocycles. The van der Waals surface area contributed by atoms with Crippen molar-refractivity contribution < 1.29 is 8.42 Å². The van der Waals surface area contributed by atoms with Crippen molar-refractivity contribution >= 4 is 32.7 Å². The van der Waals surface area contributed by atoms with Crippen LogP contribution < -0.4 is 9.60 Å². The number of hydrogen-bond acceptors (Lipinski definition) is 5. The smallest absolute Gasteiger partial charge is 0.305 e. The average Bonchev–Trinajstić information content (AvgIpc) is 2.96. The van der Waals surface area contributed by atoms with E-state index in [-0.39, 0.29) is 15.1 Å². The zero-order valence-corrected chi connectivity index (χ0v) is 12.9. The number of rotatable bonds is 5. The molecule has 0 spiro atoms. The highest BCUT2D eigenvalue weighted by molar-refractivity contribution is 7.91. The summed E-state index contributed by atoms with van der Waals surface area (Å²) in [6, 6.07) is 3.52. The maximum Gasteiger partial charge on any atom is 0.305 e. The molecule has 0 aliphatic carbocycles. The molecule has 0 radical (unpaired) electrons. The molecule has 0 aliphatic rings. The topological polar surface area (TPSA) is 79.0 Å². The van der Waals surface area contributed by atoms with Gasteiger partial charge in [0.25, 0.3) is 10.0 Å². The number of hydrogen-bond donors (Lipinski definition) is 2. The molecule has 2 heterocycles. The molecule has 0 fully saturated rings. The Morgan fingerprint density at radius 2 is 2.21 bits per heavy atom. The molecule has 5 nitrogen and oxygen atoms in total. The van der Waals surface area contributed by atoms with E-state index in [1.54, 1.807) is 6.92 Å². The predicted molar refractivity (Wildman–Crippen MR) is 77.3 cm³/mol. The lowest BCUT2D eigenvalue weighted by atomic mass is 10.2. The fraction of sp³-hybridized carbons (Fsp3) is 0.364. The van der Waals surface area contributed by atoms with Crippen LogP contribution in [0, 0.1) is 6.92 Å². The lowest BCUT2D eigenvalue weighted by Crippen LogP contribution is -2.27. The summed E-state index contributed by atoms with van der Waals surface area (Å²) in [5, 5.41) is 1.91. The van der Waals surface area contributed by atoms with E-state index in [2.05, 4.69) is 9.71 Å². The first kappa shape index (κ1) is 14.4. The highest BCUT2D eigenvalue weighted by atomic mass is 32.2. The minimum absolute atomic E-state index is 0.0625. The Balaban J connectivity index is 2.31. The summed E-state index contributed by atoms with van der Waals surface area (Å²) in [7, 11) is -3.66. The van der Waals surface area contributed by atoms with Crippen molar-refractivity contribution in [1.82, 2.24) is 9.71 Å². The van der Waals surface area contributed by atoms with E-state index in [1.807, 2.05) is 24.4 Å². The van der Waals surface area contributed by atoms with E-state index < -0.39 is 10.0 Å². The second-order valence-corrected chi connectivity index (χ2v) is 7.90. The van der Waals surface area contributed by atoms with Crippen LogP contribution >= 0.6 is 22.7 Å². The first-order valence-corrected chi connectivity index (χ1v) is 8.87. The van der Waals surface area contributed by atoms with Gasteiger partial charge in [-0.05, 0) is 24.8 Å². The van der Waals surface area contributed by atoms with Gasteiger partial charge in [0.05, 0.1) is 6.04 Å². The number of aromatic nitrogens is 1. The zero-order valence-electron chi connectivity index (χ0n) is 10.5. The molecule has 2 rings (SSSR count). The van der Waals surface area contributed by atoms with Gasteiger partial charge in [0.15, 0.2) is 4.21 Å². The molecule has 2 aromatic heterocycles. The Hall–Kier alpha value is -0.960. The molecule has 0 bridgehead atoms. The summed E-state index contributed by atoms with van der Waals surface area (Å²) in [6.45, 7) is 3.50. The Bertz CT molecular complexity index is 698. The van der Waals surface area contributed by atoms with Crippen LogP contribution in [0.4, 0.5) is 0 Å². The van der Waals surface area contributed by atoms with Gasteiger partial charge in [-0.1, -0.05) is 24.3 Å². The predicted octanol–water partition coefficient (Wildman–Crippen LogP) is 2.24. The molecule has 0 amide bonds. The molecule has 19 heavy (non-hydrogen) atoms. The fourth-order valence-corrected chi connectivity index (χ4v) is 5.27. The van der Waals surface area contributed by atoms with Crippen LogP contribution in [0.15, 0.2) is 26.5 Å². The van der Waals surface area contributed by atoms with Crippen LogP contribution in [0.3, 0.4) is 0 Å². The molecule has 8 heteroatoms. The number of aryl methyl sites for hydroxylation is 1. The summed E-state index contributed by atoms with van der Waals surface area (Å²) < 4.78 is 27.3. The molecular formula is C11H14N2O3S3. The van der Waals surface area contributed by atoms with Crippen molar-refractivity contribution in [2.24, 2.45) is 0 Å². The SMILES string of the molecule is CCC(NS(=O)(=O)c1sc(=O)[nH]c1C)c1cccs1. The standard InChI is InChI=1S/C11H14N2O3S3/c1-3-8(9-5-4-6-17-9)13-19(15,16)10-7(2)12-11(14)18-10/h4-6,8,13H,3H2,1-2H3,(H,12,14). The largest absolute Gasteiger partial charge is 0.315 e. The van der Waals surface area contributed by atoms with Gasteiger partial charge in [-0.25, -0.2) is 13.1 Å². The minimum atomic E-state index is -3.66. The third-order valence-electron chi connectivity index (χ3n) is 2.62. The third-order valence-corrected chi connectivity index (χ3v) is 6.68. The number of thiophene rings is 1. The fourth-order valence-electron chi connectivity index (χ4n) is 1.72. The number of nitrogens with one attached hydrogen (secondary N) is 2. The van der Waals surface area contributed by atoms with E-state index in [9.17, 15) is 13.2 Å². The second kappa shape index (κ2) is 5.58. The van der Waals surface area contributed by atoms with E-state index in [0.717, 1.165) is 4.88 Å². The van der Waals surface area contributed by atoms with Gasteiger partial charge in [0.1, 0.15) is 0 Å². The first-order chi connectivity index (χ1) is 8.94. The van der Waals surface area contributed by atoms with Crippen molar-refractivity contribution in [3.8, 4) is 0 Å². The first-order valence-electron chi connectivity index (χ1n) is 5.69. The average molecular weight is 318 g/mol. The quantitative estimate of drug-likeness (QED) is 0.887. The summed E-state index contributed by atoms with van der Waals surface area (Å²) in [5.41, 5.74) is 0.378. The number of sulfonamides is 1. The molecule has 0 aromatic carbocycles. The molecule has 1 unspecified atom stereocenters. The summed E-state index contributed by atoms with van der Waals surface area (Å²) >= 11 is 2.22. The van der Waals surface area contributed by atoms with E-state index in [4.69, 9.17) is 0 Å². The van der Waals surface area contributed by atoms with Crippen molar-refractivity contribution in [3.05, 3.63) is 37.8 Å². The number of aromatic amines is 1. The Morgan fingerprint density at radius 1 is 1.47 bits per heavy atom. The van der Waals surface area contributed by atoms with Crippen LogP contribution in [0.1, 0.15) is 30.0 Å². The Labute approximate surface area is 119 Å². The summed E-state index contributed by atoms with van der Waals surface area (Å²) in [4.78, 5) is 14.3. The third kappa shape index (κ3) is 3.14. The van der Waals surface area contributed by atoms with Crippen LogP contribution in [0.5, 0.6) is 0 Å². The number of thiazole rings is 1. The summed E-state index contributed by atoms with van der Waals surface area (Å²) in [5.74, 6) is 0. The highest BCUT2D eigenvalue weighted by Gasteiger charge is 2.24. The lowest BCUT2D eigenvalue weighted by molar-refractivity contribution is 0.554. The molecule has 1 atom stereocenters. The van der Waals surface area contributed by atoms with Gasteiger partial charge >= 0.3 is 4.87 Å². The summed E-state index contributed by atoms with van der Waals surface area (Å²) in [6.07, 6.45) is 0.651. The van der Waals surface area contributed by atoms with Gasteiger partial charge in [-0.15, -0.1) is 11.3 Å². The van der Waals surface area contributed by atoms with E-state index in [1.165, 1.54) is 11.3 Å². The van der Waals surface area contributed by atoms with Crippen LogP contribution in [-0.4, -0.2) is 13.4 Å². The Kier molecular flexibility index (Phi) is 4.24. The van der Waals surface area contributed by atoms with Gasteiger partial charge in [-0.3, -0.25) is 4.79 Å². The second-order valence-electron chi connectivity index (χ2n) is 4.02. The van der Waals surface area contributed by atoms with Crippen molar-refractivity contribution in [2.75, 3.05) is 0 Å². The van der Waals surface area contributed by atoms with Crippen LogP contribution in [0.25, 0.3) is 0 Å². The van der Waals surface area contributed by atoms with E-state index >= 15 is 0 Å². The van der Waals surface area contributed by atoms with Crippen molar-refractivity contribution in [2.45, 2.75) is 30.5 Å². The van der Waals surface area contributed by atoms with Gasteiger partial charge < -0.3 is 4.98 Å². The molecule has 0 saturated carbocycles. The molecule has 2 N–H and O–H groups in total. The normalized spacial score (nSPS) is 13.6.